The van der Waals surface area contributed by atoms with Crippen LogP contribution in [0.15, 0.2) is 59.4 Å². The summed E-state index contributed by atoms with van der Waals surface area (Å²) in [4.78, 5) is 39.6. The van der Waals surface area contributed by atoms with Crippen LogP contribution in [-0.4, -0.2) is 21.6 Å². The first-order valence-electron chi connectivity index (χ1n) is 8.46. The highest BCUT2D eigenvalue weighted by molar-refractivity contribution is 6.30. The van der Waals surface area contributed by atoms with Crippen molar-refractivity contribution in [3.05, 3.63) is 81.2 Å². The second-order valence-electron chi connectivity index (χ2n) is 6.43. The van der Waals surface area contributed by atoms with E-state index in [1.807, 2.05) is 6.07 Å². The molecule has 0 aliphatic carbocycles. The number of nitrogens with zero attached hydrogens (tertiary/aromatic N) is 2. The molecule has 0 saturated carbocycles. The van der Waals surface area contributed by atoms with Crippen LogP contribution < -0.4 is 10.5 Å². The van der Waals surface area contributed by atoms with Crippen LogP contribution in [0, 0.1) is 6.92 Å². The Balaban J connectivity index is 1.76. The van der Waals surface area contributed by atoms with E-state index in [-0.39, 0.29) is 23.8 Å². The molecule has 6 nitrogen and oxygen atoms in total. The van der Waals surface area contributed by atoms with Crippen LogP contribution in [0.25, 0.3) is 5.69 Å². The summed E-state index contributed by atoms with van der Waals surface area (Å²) < 4.78 is 1.35. The van der Waals surface area contributed by atoms with Gasteiger partial charge in [-0.3, -0.25) is 24.4 Å². The number of aromatic amines is 1. The Bertz CT molecular complexity index is 1100. The molecule has 1 aliphatic heterocycles. The molecular formula is C20H16ClN3O3. The van der Waals surface area contributed by atoms with E-state index in [1.165, 1.54) is 4.68 Å². The molecule has 0 unspecified atom stereocenters. The van der Waals surface area contributed by atoms with Crippen molar-refractivity contribution in [1.29, 1.82) is 0 Å². The Morgan fingerprint density at radius 2 is 1.70 bits per heavy atom. The fraction of sp³-hybridized carbons (Fsp3) is 0.150. The number of benzene rings is 2. The van der Waals surface area contributed by atoms with Crippen LogP contribution in [0.4, 0.5) is 5.69 Å². The Morgan fingerprint density at radius 1 is 1.00 bits per heavy atom. The van der Waals surface area contributed by atoms with E-state index in [0.29, 0.717) is 27.7 Å². The van der Waals surface area contributed by atoms with Crippen LogP contribution >= 0.6 is 11.6 Å². The zero-order valence-corrected chi connectivity index (χ0v) is 15.2. The van der Waals surface area contributed by atoms with Gasteiger partial charge in [0.2, 0.25) is 11.8 Å². The molecule has 1 aliphatic rings. The maximum absolute atomic E-state index is 13.0. The molecule has 0 radical (unpaired) electrons. The molecular weight excluding hydrogens is 366 g/mol. The quantitative estimate of drug-likeness (QED) is 0.708. The number of hydrogen-bond donors (Lipinski definition) is 1. The van der Waals surface area contributed by atoms with Crippen molar-refractivity contribution in [2.24, 2.45) is 0 Å². The molecule has 1 fully saturated rings. The van der Waals surface area contributed by atoms with Gasteiger partial charge >= 0.3 is 0 Å². The normalized spacial score (nSPS) is 17.0. The molecule has 2 amide bonds. The molecule has 3 aromatic rings. The Hall–Kier alpha value is -3.12. The van der Waals surface area contributed by atoms with Gasteiger partial charge in [0.1, 0.15) is 0 Å². The number of aromatic nitrogens is 2. The number of halogens is 1. The predicted octanol–water partition coefficient (Wildman–Crippen LogP) is 3.17. The van der Waals surface area contributed by atoms with E-state index >= 15 is 0 Å². The predicted molar refractivity (Wildman–Crippen MR) is 102 cm³/mol. The summed E-state index contributed by atoms with van der Waals surface area (Å²) in [7, 11) is 0. The lowest BCUT2D eigenvalue weighted by molar-refractivity contribution is -0.121. The molecule has 27 heavy (non-hydrogen) atoms. The van der Waals surface area contributed by atoms with Gasteiger partial charge in [0.15, 0.2) is 0 Å². The van der Waals surface area contributed by atoms with Crippen LogP contribution in [0.3, 0.4) is 0 Å². The molecule has 1 atom stereocenters. The van der Waals surface area contributed by atoms with Crippen molar-refractivity contribution < 1.29 is 9.59 Å². The number of H-pyrrole nitrogens is 1. The largest absolute Gasteiger partial charge is 0.295 e. The molecule has 0 bridgehead atoms. The van der Waals surface area contributed by atoms with Crippen LogP contribution in [0.5, 0.6) is 0 Å². The lowest BCUT2D eigenvalue weighted by atomic mass is 9.98. The van der Waals surface area contributed by atoms with Crippen molar-refractivity contribution in [1.82, 2.24) is 9.78 Å². The summed E-state index contributed by atoms with van der Waals surface area (Å²) in [5, 5.41) is 3.48. The first-order chi connectivity index (χ1) is 13.0. The Labute approximate surface area is 160 Å². The number of aryl methyl sites for hydroxylation is 1. The number of rotatable bonds is 3. The monoisotopic (exact) mass is 381 g/mol. The SMILES string of the molecule is Cc1[nH]n(-c2cccc(Cl)c2)c(=O)c1[C@@H]1CC(=O)N(c2ccccc2)C1=O. The number of para-hydroxylation sites is 1. The smallest absolute Gasteiger partial charge is 0.275 e. The van der Waals surface area contributed by atoms with Crippen molar-refractivity contribution in [3.8, 4) is 5.69 Å². The highest BCUT2D eigenvalue weighted by Crippen LogP contribution is 2.33. The number of carbonyl (C=O) groups is 2. The number of imide groups is 1. The molecule has 2 aromatic carbocycles. The molecule has 1 saturated heterocycles. The Morgan fingerprint density at radius 3 is 2.41 bits per heavy atom. The van der Waals surface area contributed by atoms with Crippen molar-refractivity contribution in [2.75, 3.05) is 4.90 Å². The first kappa shape index (κ1) is 17.3. The zero-order valence-electron chi connectivity index (χ0n) is 14.5. The van der Waals surface area contributed by atoms with Gasteiger partial charge in [-0.2, -0.15) is 0 Å². The minimum atomic E-state index is -0.804. The van der Waals surface area contributed by atoms with Gasteiger partial charge in [-0.1, -0.05) is 35.9 Å². The molecule has 7 heteroatoms. The first-order valence-corrected chi connectivity index (χ1v) is 8.84. The summed E-state index contributed by atoms with van der Waals surface area (Å²) in [5.74, 6) is -1.50. The Kier molecular flexibility index (Phi) is 4.20. The lowest BCUT2D eigenvalue weighted by Gasteiger charge is -2.14. The molecule has 1 aromatic heterocycles. The van der Waals surface area contributed by atoms with Crippen LogP contribution in [-0.2, 0) is 9.59 Å². The maximum atomic E-state index is 13.0. The summed E-state index contributed by atoms with van der Waals surface area (Å²) in [6.45, 7) is 1.72. The fourth-order valence-electron chi connectivity index (χ4n) is 3.47. The second kappa shape index (κ2) is 6.55. The standard InChI is InChI=1S/C20H16ClN3O3/c1-12-18(20(27)24(22-12)15-9-5-6-13(21)10-15)16-11-17(25)23(19(16)26)14-7-3-2-4-8-14/h2-10,16,22H,11H2,1H3/t16-/m0/s1. The third-order valence-electron chi connectivity index (χ3n) is 4.69. The van der Waals surface area contributed by atoms with E-state index in [0.717, 1.165) is 4.90 Å². The topological polar surface area (TPSA) is 75.2 Å². The average molecular weight is 382 g/mol. The summed E-state index contributed by atoms with van der Waals surface area (Å²) in [5.41, 5.74) is 1.60. The number of hydrogen-bond acceptors (Lipinski definition) is 3. The van der Waals surface area contributed by atoms with Gasteiger partial charge in [-0.25, -0.2) is 4.68 Å². The van der Waals surface area contributed by atoms with E-state index in [4.69, 9.17) is 11.6 Å². The number of amides is 2. The second-order valence-corrected chi connectivity index (χ2v) is 6.87. The molecule has 4 rings (SSSR count). The minimum Gasteiger partial charge on any atom is -0.295 e. The molecule has 2 heterocycles. The highest BCUT2D eigenvalue weighted by Gasteiger charge is 2.43. The minimum absolute atomic E-state index is 0.0305. The molecule has 0 spiro atoms. The third kappa shape index (κ3) is 2.88. The molecule has 1 N–H and O–H groups in total. The van der Waals surface area contributed by atoms with Crippen LogP contribution in [0.1, 0.15) is 23.6 Å². The van der Waals surface area contributed by atoms with Gasteiger partial charge in [-0.15, -0.1) is 0 Å². The van der Waals surface area contributed by atoms with E-state index < -0.39 is 5.92 Å². The zero-order chi connectivity index (χ0) is 19.1. The third-order valence-corrected chi connectivity index (χ3v) is 4.93. The van der Waals surface area contributed by atoms with Crippen molar-refractivity contribution in [2.45, 2.75) is 19.3 Å². The number of nitrogens with one attached hydrogen (secondary N) is 1. The maximum Gasteiger partial charge on any atom is 0.275 e. The van der Waals surface area contributed by atoms with Crippen LogP contribution in [0.2, 0.25) is 5.02 Å². The van der Waals surface area contributed by atoms with Gasteiger partial charge in [-0.05, 0) is 37.3 Å². The van der Waals surface area contributed by atoms with Crippen molar-refractivity contribution in [3.63, 3.8) is 0 Å². The summed E-state index contributed by atoms with van der Waals surface area (Å²) >= 11 is 6.02. The lowest BCUT2D eigenvalue weighted by Crippen LogP contribution is -2.31. The van der Waals surface area contributed by atoms with E-state index in [2.05, 4.69) is 5.10 Å². The summed E-state index contributed by atoms with van der Waals surface area (Å²) in [6, 6.07) is 15.6. The van der Waals surface area contributed by atoms with Crippen molar-refractivity contribution >= 4 is 29.1 Å². The number of anilines is 1. The van der Waals surface area contributed by atoms with Gasteiger partial charge in [0, 0.05) is 17.1 Å². The van der Waals surface area contributed by atoms with E-state index in [1.54, 1.807) is 55.5 Å². The molecule has 136 valence electrons. The van der Waals surface area contributed by atoms with Gasteiger partial charge < -0.3 is 0 Å². The van der Waals surface area contributed by atoms with E-state index in [9.17, 15) is 14.4 Å². The average Bonchev–Trinajstić information content (AvgIpc) is 3.10. The highest BCUT2D eigenvalue weighted by atomic mass is 35.5. The fourth-order valence-corrected chi connectivity index (χ4v) is 3.66. The van der Waals surface area contributed by atoms with Gasteiger partial charge in [0.25, 0.3) is 5.56 Å². The van der Waals surface area contributed by atoms with Gasteiger partial charge in [0.05, 0.1) is 22.9 Å². The number of carbonyl (C=O) groups excluding carboxylic acids is 2. The summed E-state index contributed by atoms with van der Waals surface area (Å²) in [6.07, 6.45) is -0.0305.